The standard InChI is InChI=1S/C12H18N4/c1-16(10-5-9-14-15-13)11-8-12-6-3-2-4-7-12/h2-4,6-7H,5,8-11H2,1H3. The molecule has 0 radical (unpaired) electrons. The van der Waals surface area contributed by atoms with Gasteiger partial charge in [0.15, 0.2) is 0 Å². The SMILES string of the molecule is CN(CCCN=[N+]=[N-])CCc1ccccc1. The summed E-state index contributed by atoms with van der Waals surface area (Å²) in [6.45, 7) is 2.61. The minimum absolute atomic E-state index is 0.589. The van der Waals surface area contributed by atoms with Crippen molar-refractivity contribution >= 4 is 0 Å². The Morgan fingerprint density at radius 2 is 2.00 bits per heavy atom. The lowest BCUT2D eigenvalue weighted by Gasteiger charge is -2.15. The highest BCUT2D eigenvalue weighted by Gasteiger charge is 1.98. The van der Waals surface area contributed by atoms with E-state index in [2.05, 4.69) is 46.2 Å². The molecular weight excluding hydrogens is 200 g/mol. The van der Waals surface area contributed by atoms with Gasteiger partial charge in [0.2, 0.25) is 0 Å². The molecule has 86 valence electrons. The molecule has 0 amide bonds. The smallest absolute Gasteiger partial charge is 0.0270 e. The van der Waals surface area contributed by atoms with Gasteiger partial charge in [0.1, 0.15) is 0 Å². The second kappa shape index (κ2) is 7.74. The molecule has 0 atom stereocenters. The van der Waals surface area contributed by atoms with Crippen LogP contribution in [0.1, 0.15) is 12.0 Å². The van der Waals surface area contributed by atoms with E-state index >= 15 is 0 Å². The molecule has 1 aromatic carbocycles. The maximum absolute atomic E-state index is 8.13. The Morgan fingerprint density at radius 1 is 1.25 bits per heavy atom. The minimum Gasteiger partial charge on any atom is -0.306 e. The average Bonchev–Trinajstić information content (AvgIpc) is 2.33. The van der Waals surface area contributed by atoms with Crippen LogP contribution in [0.3, 0.4) is 0 Å². The summed E-state index contributed by atoms with van der Waals surface area (Å²) in [5.74, 6) is 0. The Kier molecular flexibility index (Phi) is 6.07. The molecule has 0 bridgehead atoms. The van der Waals surface area contributed by atoms with E-state index in [1.54, 1.807) is 0 Å². The number of benzene rings is 1. The highest BCUT2D eigenvalue weighted by atomic mass is 15.1. The summed E-state index contributed by atoms with van der Waals surface area (Å²) in [6.07, 6.45) is 1.99. The molecule has 0 aliphatic rings. The van der Waals surface area contributed by atoms with Crippen molar-refractivity contribution in [2.45, 2.75) is 12.8 Å². The van der Waals surface area contributed by atoms with Crippen LogP contribution in [0.15, 0.2) is 35.4 Å². The van der Waals surface area contributed by atoms with Crippen LogP contribution >= 0.6 is 0 Å². The summed E-state index contributed by atoms with van der Waals surface area (Å²) in [5, 5.41) is 3.52. The zero-order chi connectivity index (χ0) is 11.6. The number of likely N-dealkylation sites (N-methyl/N-ethyl adjacent to an activating group) is 1. The molecule has 0 aliphatic heterocycles. The fourth-order valence-electron chi connectivity index (χ4n) is 1.53. The number of hydrogen-bond donors (Lipinski definition) is 0. The summed E-state index contributed by atoms with van der Waals surface area (Å²) < 4.78 is 0. The van der Waals surface area contributed by atoms with Crippen LogP contribution in [0.4, 0.5) is 0 Å². The van der Waals surface area contributed by atoms with Gasteiger partial charge in [0, 0.05) is 18.0 Å². The maximum Gasteiger partial charge on any atom is 0.0270 e. The topological polar surface area (TPSA) is 52.0 Å². The van der Waals surface area contributed by atoms with Crippen molar-refractivity contribution in [3.63, 3.8) is 0 Å². The average molecular weight is 218 g/mol. The summed E-state index contributed by atoms with van der Waals surface area (Å²) in [6, 6.07) is 10.5. The van der Waals surface area contributed by atoms with Gasteiger partial charge in [-0.2, -0.15) is 0 Å². The molecule has 0 aliphatic carbocycles. The summed E-state index contributed by atoms with van der Waals surface area (Å²) in [7, 11) is 2.10. The fraction of sp³-hybridized carbons (Fsp3) is 0.500. The minimum atomic E-state index is 0.589. The van der Waals surface area contributed by atoms with E-state index < -0.39 is 0 Å². The van der Waals surface area contributed by atoms with Crippen molar-refractivity contribution in [2.75, 3.05) is 26.7 Å². The lowest BCUT2D eigenvalue weighted by atomic mass is 10.1. The molecule has 0 spiro atoms. The first-order valence-electron chi connectivity index (χ1n) is 5.56. The van der Waals surface area contributed by atoms with Crippen LogP contribution in [0.2, 0.25) is 0 Å². The van der Waals surface area contributed by atoms with Crippen molar-refractivity contribution < 1.29 is 0 Å². The van der Waals surface area contributed by atoms with E-state index in [4.69, 9.17) is 5.53 Å². The molecule has 0 saturated heterocycles. The van der Waals surface area contributed by atoms with E-state index in [9.17, 15) is 0 Å². The van der Waals surface area contributed by atoms with E-state index in [1.165, 1.54) is 5.56 Å². The van der Waals surface area contributed by atoms with E-state index in [1.807, 2.05) is 6.07 Å². The number of rotatable bonds is 7. The Balaban J connectivity index is 2.15. The largest absolute Gasteiger partial charge is 0.306 e. The van der Waals surface area contributed by atoms with Crippen LogP contribution in [0.25, 0.3) is 10.4 Å². The number of nitrogens with zero attached hydrogens (tertiary/aromatic N) is 4. The Hall–Kier alpha value is -1.51. The molecule has 1 aromatic rings. The van der Waals surface area contributed by atoms with E-state index in [0.717, 1.165) is 25.9 Å². The molecule has 0 N–H and O–H groups in total. The van der Waals surface area contributed by atoms with E-state index in [0.29, 0.717) is 6.54 Å². The number of azide groups is 1. The van der Waals surface area contributed by atoms with Gasteiger partial charge in [-0.05, 0) is 37.5 Å². The monoisotopic (exact) mass is 218 g/mol. The van der Waals surface area contributed by atoms with Crippen LogP contribution in [0.5, 0.6) is 0 Å². The van der Waals surface area contributed by atoms with Crippen LogP contribution in [-0.4, -0.2) is 31.6 Å². The third-order valence-corrected chi connectivity index (χ3v) is 2.49. The zero-order valence-electron chi connectivity index (χ0n) is 9.71. The van der Waals surface area contributed by atoms with Crippen molar-refractivity contribution in [3.05, 3.63) is 46.3 Å². The van der Waals surface area contributed by atoms with Crippen molar-refractivity contribution in [3.8, 4) is 0 Å². The molecule has 1 rings (SSSR count). The molecule has 0 heterocycles. The lowest BCUT2D eigenvalue weighted by Crippen LogP contribution is -2.22. The molecule has 0 saturated carbocycles. The highest BCUT2D eigenvalue weighted by Crippen LogP contribution is 2.00. The first kappa shape index (κ1) is 12.6. The van der Waals surface area contributed by atoms with Crippen LogP contribution in [0, 0.1) is 0 Å². The van der Waals surface area contributed by atoms with Crippen molar-refractivity contribution in [2.24, 2.45) is 5.11 Å². The zero-order valence-corrected chi connectivity index (χ0v) is 9.71. The maximum atomic E-state index is 8.13. The van der Waals surface area contributed by atoms with Crippen LogP contribution in [-0.2, 0) is 6.42 Å². The molecular formula is C12H18N4. The van der Waals surface area contributed by atoms with Crippen LogP contribution < -0.4 is 0 Å². The first-order chi connectivity index (χ1) is 7.83. The second-order valence-corrected chi connectivity index (χ2v) is 3.85. The predicted octanol–water partition coefficient (Wildman–Crippen LogP) is 2.86. The molecule has 4 nitrogen and oxygen atoms in total. The second-order valence-electron chi connectivity index (χ2n) is 3.85. The first-order valence-corrected chi connectivity index (χ1v) is 5.56. The van der Waals surface area contributed by atoms with Gasteiger partial charge in [-0.15, -0.1) is 0 Å². The molecule has 16 heavy (non-hydrogen) atoms. The number of hydrogen-bond acceptors (Lipinski definition) is 2. The van der Waals surface area contributed by atoms with E-state index in [-0.39, 0.29) is 0 Å². The van der Waals surface area contributed by atoms with Gasteiger partial charge >= 0.3 is 0 Å². The molecule has 0 fully saturated rings. The van der Waals surface area contributed by atoms with Gasteiger partial charge in [-0.3, -0.25) is 0 Å². The molecule has 4 heteroatoms. The third-order valence-electron chi connectivity index (χ3n) is 2.49. The Morgan fingerprint density at radius 3 is 2.69 bits per heavy atom. The summed E-state index contributed by atoms with van der Waals surface area (Å²) in [5.41, 5.74) is 9.49. The Labute approximate surface area is 96.5 Å². The van der Waals surface area contributed by atoms with Gasteiger partial charge in [-0.1, -0.05) is 35.4 Å². The highest BCUT2D eigenvalue weighted by molar-refractivity contribution is 5.14. The van der Waals surface area contributed by atoms with Gasteiger partial charge in [0.25, 0.3) is 0 Å². The lowest BCUT2D eigenvalue weighted by molar-refractivity contribution is 0.335. The summed E-state index contributed by atoms with van der Waals surface area (Å²) in [4.78, 5) is 5.00. The Bertz CT molecular complexity index is 330. The summed E-state index contributed by atoms with van der Waals surface area (Å²) >= 11 is 0. The third kappa shape index (κ3) is 5.39. The van der Waals surface area contributed by atoms with Gasteiger partial charge in [-0.25, -0.2) is 0 Å². The van der Waals surface area contributed by atoms with Gasteiger partial charge in [0.05, 0.1) is 0 Å². The molecule has 0 aromatic heterocycles. The van der Waals surface area contributed by atoms with Crippen molar-refractivity contribution in [1.82, 2.24) is 4.90 Å². The van der Waals surface area contributed by atoms with Crippen molar-refractivity contribution in [1.29, 1.82) is 0 Å². The quantitative estimate of drug-likeness (QED) is 0.300. The van der Waals surface area contributed by atoms with Gasteiger partial charge < -0.3 is 4.90 Å². The normalized spacial score (nSPS) is 10.1. The fourth-order valence-corrected chi connectivity index (χ4v) is 1.53. The molecule has 0 unspecified atom stereocenters. The predicted molar refractivity (Wildman–Crippen MR) is 66.3 cm³/mol.